The van der Waals surface area contributed by atoms with Crippen molar-refractivity contribution in [3.05, 3.63) is 57.6 Å². The SMILES string of the molecule is Cc1cc(C)c([Si](=[Si](c2c(C)cc(C)cc2C)C(C)(C)C)C(C)(C)C)c(C)c1. The van der Waals surface area contributed by atoms with Crippen molar-refractivity contribution in [1.29, 1.82) is 0 Å². The van der Waals surface area contributed by atoms with Gasteiger partial charge in [0, 0.05) is 15.8 Å². The lowest BCUT2D eigenvalue weighted by atomic mass is 10.1. The number of hydrogen-bond acceptors (Lipinski definition) is 0. The van der Waals surface area contributed by atoms with Gasteiger partial charge in [0.05, 0.1) is 0 Å². The first-order valence-corrected chi connectivity index (χ1v) is 14.6. The van der Waals surface area contributed by atoms with Crippen LogP contribution in [0.15, 0.2) is 24.3 Å². The third-order valence-corrected chi connectivity index (χ3v) is 19.2. The van der Waals surface area contributed by atoms with Crippen molar-refractivity contribution < 1.29 is 0 Å². The van der Waals surface area contributed by atoms with Gasteiger partial charge in [0.15, 0.2) is 0 Å². The minimum atomic E-state index is -0.818. The predicted octanol–water partition coefficient (Wildman–Crippen LogP) is 6.32. The zero-order valence-corrected chi connectivity index (χ0v) is 22.3. The topological polar surface area (TPSA) is 0 Å². The molecule has 0 aromatic heterocycles. The fourth-order valence-electron chi connectivity index (χ4n) is 4.90. The molecule has 2 aromatic carbocycles. The van der Waals surface area contributed by atoms with Crippen molar-refractivity contribution in [3.8, 4) is 0 Å². The lowest BCUT2D eigenvalue weighted by Gasteiger charge is -2.36. The van der Waals surface area contributed by atoms with E-state index in [9.17, 15) is 0 Å². The average Bonchev–Trinajstić information content (AvgIpc) is 2.44. The van der Waals surface area contributed by atoms with E-state index in [-0.39, 0.29) is 0 Å². The largest absolute Gasteiger partial charge is 0.0596 e. The van der Waals surface area contributed by atoms with Crippen LogP contribution in [0.25, 0.3) is 0 Å². The van der Waals surface area contributed by atoms with E-state index in [1.165, 1.54) is 33.4 Å². The quantitative estimate of drug-likeness (QED) is 0.510. The molecule has 28 heavy (non-hydrogen) atoms. The van der Waals surface area contributed by atoms with Crippen molar-refractivity contribution in [2.24, 2.45) is 0 Å². The molecule has 0 saturated carbocycles. The van der Waals surface area contributed by atoms with Crippen LogP contribution in [-0.4, -0.2) is 15.8 Å². The average molecular weight is 409 g/mol. The summed E-state index contributed by atoms with van der Waals surface area (Å²) in [4.78, 5) is 0. The van der Waals surface area contributed by atoms with Crippen LogP contribution in [0.2, 0.25) is 10.1 Å². The third kappa shape index (κ3) is 4.71. The van der Waals surface area contributed by atoms with Crippen LogP contribution in [0.4, 0.5) is 0 Å². The van der Waals surface area contributed by atoms with Crippen LogP contribution in [0.1, 0.15) is 74.9 Å². The molecule has 2 aromatic rings. The lowest BCUT2D eigenvalue weighted by Crippen LogP contribution is -2.50. The molecule has 0 N–H and O–H groups in total. The smallest absolute Gasteiger partial charge is 0.0362 e. The number of benzene rings is 2. The molecule has 2 heteroatoms. The summed E-state index contributed by atoms with van der Waals surface area (Å²) in [6.07, 6.45) is 0. The van der Waals surface area contributed by atoms with Gasteiger partial charge in [-0.2, -0.15) is 0 Å². The van der Waals surface area contributed by atoms with Crippen LogP contribution < -0.4 is 10.4 Å². The second-order valence-electron chi connectivity index (χ2n) is 10.8. The predicted molar refractivity (Wildman–Crippen MR) is 132 cm³/mol. The first-order valence-electron chi connectivity index (χ1n) is 10.6. The Hall–Kier alpha value is -1.13. The molecule has 2 rings (SSSR count). The van der Waals surface area contributed by atoms with Crippen molar-refractivity contribution in [2.75, 3.05) is 0 Å². The molecule has 0 amide bonds. The molecular weight excluding hydrogens is 368 g/mol. The Morgan fingerprint density at radius 2 is 0.679 bits per heavy atom. The van der Waals surface area contributed by atoms with Gasteiger partial charge in [-0.3, -0.25) is 0 Å². The molecule has 0 unspecified atom stereocenters. The van der Waals surface area contributed by atoms with Gasteiger partial charge in [-0.15, -0.1) is 0 Å². The Morgan fingerprint density at radius 1 is 0.464 bits per heavy atom. The molecular formula is C26H40Si2. The first kappa shape index (κ1) is 23.2. The Kier molecular flexibility index (Phi) is 6.57. The highest BCUT2D eigenvalue weighted by atomic mass is 28.9. The lowest BCUT2D eigenvalue weighted by molar-refractivity contribution is 0.739. The van der Waals surface area contributed by atoms with Crippen LogP contribution in [-0.2, 0) is 0 Å². The fourth-order valence-corrected chi connectivity index (χ4v) is 18.6. The number of aryl methyl sites for hydroxylation is 6. The molecule has 0 atom stereocenters. The van der Waals surface area contributed by atoms with Crippen LogP contribution in [0.5, 0.6) is 0 Å². The molecule has 0 aliphatic rings. The minimum Gasteiger partial charge on any atom is -0.0596 e. The summed E-state index contributed by atoms with van der Waals surface area (Å²) < 4.78 is 0. The van der Waals surface area contributed by atoms with Gasteiger partial charge in [0.1, 0.15) is 0 Å². The van der Waals surface area contributed by atoms with Crippen LogP contribution in [0, 0.1) is 41.5 Å². The number of rotatable bonds is 2. The van der Waals surface area contributed by atoms with Crippen molar-refractivity contribution >= 4 is 26.2 Å². The van der Waals surface area contributed by atoms with Gasteiger partial charge in [-0.05, 0) is 84.2 Å². The molecule has 0 radical (unpaired) electrons. The first-order chi connectivity index (χ1) is 12.6. The summed E-state index contributed by atoms with van der Waals surface area (Å²) in [5.74, 6) is 0. The van der Waals surface area contributed by atoms with E-state index in [1.54, 1.807) is 10.4 Å². The van der Waals surface area contributed by atoms with Crippen LogP contribution >= 0.6 is 0 Å². The molecule has 0 saturated heterocycles. The second kappa shape index (κ2) is 7.95. The maximum Gasteiger partial charge on any atom is 0.0362 e. The van der Waals surface area contributed by atoms with Gasteiger partial charge < -0.3 is 0 Å². The summed E-state index contributed by atoms with van der Waals surface area (Å²) in [6, 6.07) is 9.65. The maximum absolute atomic E-state index is 2.50. The molecule has 0 spiro atoms. The van der Waals surface area contributed by atoms with E-state index in [2.05, 4.69) is 107 Å². The summed E-state index contributed by atoms with van der Waals surface area (Å²) in [6.45, 7) is 28.8. The van der Waals surface area contributed by atoms with E-state index in [4.69, 9.17) is 0 Å². The zero-order valence-electron chi connectivity index (χ0n) is 20.3. The normalized spacial score (nSPS) is 13.6. The van der Waals surface area contributed by atoms with E-state index >= 15 is 0 Å². The monoisotopic (exact) mass is 408 g/mol. The van der Waals surface area contributed by atoms with Gasteiger partial charge in [0.2, 0.25) is 0 Å². The van der Waals surface area contributed by atoms with Gasteiger partial charge in [-0.1, -0.05) is 76.9 Å². The van der Waals surface area contributed by atoms with Crippen molar-refractivity contribution in [3.63, 3.8) is 0 Å². The van der Waals surface area contributed by atoms with Crippen molar-refractivity contribution in [2.45, 2.75) is 93.2 Å². The summed E-state index contributed by atoms with van der Waals surface area (Å²) in [7, 11) is -1.64. The summed E-state index contributed by atoms with van der Waals surface area (Å²) in [5, 5.41) is 4.01. The van der Waals surface area contributed by atoms with Gasteiger partial charge in [0.25, 0.3) is 0 Å². The molecule has 152 valence electrons. The van der Waals surface area contributed by atoms with E-state index in [0.29, 0.717) is 10.1 Å². The molecule has 0 heterocycles. The Bertz CT molecular complexity index is 808. The highest BCUT2D eigenvalue weighted by Crippen LogP contribution is 2.32. The van der Waals surface area contributed by atoms with E-state index in [0.717, 1.165) is 0 Å². The Balaban J connectivity index is 3.13. The minimum absolute atomic E-state index is 0.306. The van der Waals surface area contributed by atoms with E-state index < -0.39 is 15.8 Å². The molecule has 0 bridgehead atoms. The fraction of sp³-hybridized carbons (Fsp3) is 0.538. The standard InChI is InChI=1S/C26H40Si2/c1-17-13-19(3)23(20(4)14-17)27(25(7,8)9)28(26(10,11)12)24-21(5)15-18(2)16-22(24)6/h13-16H,1-12H3. The summed E-state index contributed by atoms with van der Waals surface area (Å²) in [5.41, 5.74) is 8.82. The molecule has 0 nitrogen and oxygen atoms in total. The van der Waals surface area contributed by atoms with E-state index in [1.807, 2.05) is 0 Å². The van der Waals surface area contributed by atoms with Crippen LogP contribution in [0.3, 0.4) is 0 Å². The molecule has 0 aliphatic carbocycles. The Morgan fingerprint density at radius 3 is 0.857 bits per heavy atom. The molecule has 0 aliphatic heterocycles. The maximum atomic E-state index is 2.50. The van der Waals surface area contributed by atoms with Gasteiger partial charge >= 0.3 is 0 Å². The molecule has 0 fully saturated rings. The summed E-state index contributed by atoms with van der Waals surface area (Å²) >= 11 is 0. The Labute approximate surface area is 176 Å². The van der Waals surface area contributed by atoms with Crippen molar-refractivity contribution in [1.82, 2.24) is 0 Å². The van der Waals surface area contributed by atoms with Gasteiger partial charge in [-0.25, -0.2) is 0 Å². The highest BCUT2D eigenvalue weighted by Gasteiger charge is 2.34. The zero-order chi connectivity index (χ0) is 21.6. The number of hydrogen-bond donors (Lipinski definition) is 0. The third-order valence-electron chi connectivity index (χ3n) is 5.60. The highest BCUT2D eigenvalue weighted by molar-refractivity contribution is 7.11. The second-order valence-corrected chi connectivity index (χ2v) is 19.3.